The molecule has 48 heavy (non-hydrogen) atoms. The Morgan fingerprint density at radius 2 is 1.62 bits per heavy atom. The molecule has 0 bridgehead atoms. The Hall–Kier alpha value is -4.63. The molecule has 1 saturated heterocycles. The van der Waals surface area contributed by atoms with E-state index in [9.17, 15) is 9.59 Å². The van der Waals surface area contributed by atoms with Crippen LogP contribution in [0.15, 0.2) is 83.8 Å². The fraction of sp³-hybridized carbons (Fsp3) is 0.333. The van der Waals surface area contributed by atoms with Gasteiger partial charge in [-0.3, -0.25) is 18.8 Å². The van der Waals surface area contributed by atoms with Gasteiger partial charge in [0, 0.05) is 35.7 Å². The first kappa shape index (κ1) is 30.7. The van der Waals surface area contributed by atoms with Gasteiger partial charge in [0.25, 0.3) is 11.8 Å². The molecule has 3 N–H and O–H groups in total. The summed E-state index contributed by atoms with van der Waals surface area (Å²) in [5, 5.41) is 10.1. The van der Waals surface area contributed by atoms with Crippen molar-refractivity contribution in [2.45, 2.75) is 43.3 Å². The first-order valence-electron chi connectivity index (χ1n) is 17.1. The number of carbonyl (C=O) groups excluding carboxylic acids is 2. The molecule has 1 fully saturated rings. The summed E-state index contributed by atoms with van der Waals surface area (Å²) >= 11 is 0. The third kappa shape index (κ3) is 5.74. The molecule has 0 aromatic heterocycles. The van der Waals surface area contributed by atoms with Crippen molar-refractivity contribution < 1.29 is 14.3 Å². The maximum atomic E-state index is 13.4. The zero-order valence-corrected chi connectivity index (χ0v) is 28.9. The molecular weight excluding hydrogens is 619 g/mol. The van der Waals surface area contributed by atoms with Crippen LogP contribution in [0.4, 0.5) is 28.4 Å². The summed E-state index contributed by atoms with van der Waals surface area (Å²) in [6, 6.07) is 26.5. The maximum Gasteiger partial charge on any atom is 0.262 e. The van der Waals surface area contributed by atoms with E-state index >= 15 is 0 Å². The number of carbonyl (C=O) groups is 2. The summed E-state index contributed by atoms with van der Waals surface area (Å²) in [6.07, 6.45) is 12.0. The number of amides is 2. The van der Waals surface area contributed by atoms with Crippen LogP contribution < -0.4 is 30.5 Å². The average Bonchev–Trinajstić information content (AvgIpc) is 3.74. The number of anilines is 5. The molecule has 4 aromatic carbocycles. The van der Waals surface area contributed by atoms with Gasteiger partial charge < -0.3 is 30.5 Å². The van der Waals surface area contributed by atoms with E-state index in [2.05, 4.69) is 69.9 Å². The van der Waals surface area contributed by atoms with Gasteiger partial charge in [0.05, 0.1) is 17.9 Å². The topological polar surface area (TPSA) is 85.9 Å². The van der Waals surface area contributed by atoms with Gasteiger partial charge in [-0.05, 0) is 139 Å². The fourth-order valence-corrected chi connectivity index (χ4v) is 10.9. The van der Waals surface area contributed by atoms with Crippen LogP contribution in [0.1, 0.15) is 52.5 Å². The van der Waals surface area contributed by atoms with Gasteiger partial charge in [-0.2, -0.15) is 0 Å². The second-order valence-corrected chi connectivity index (χ2v) is 22.2. The van der Waals surface area contributed by atoms with Crippen LogP contribution in [0.25, 0.3) is 0 Å². The van der Waals surface area contributed by atoms with E-state index in [0.29, 0.717) is 12.3 Å². The zero-order valence-electron chi connectivity index (χ0n) is 28.0. The Morgan fingerprint density at radius 1 is 0.854 bits per heavy atom. The number of ether oxygens (including phenoxy) is 1. The molecule has 0 radical (unpaired) electrons. The van der Waals surface area contributed by atoms with Crippen molar-refractivity contribution in [3.05, 3.63) is 101 Å². The highest BCUT2D eigenvalue weighted by molar-refractivity contribution is 8.48. The standard InChI is InChI=1S/C39H45N5O3S/c1-48(2,3)20-17-27-21-29(9-16-36(27)48)40-37(45)25-47-32-12-7-26(8-13-32)38-41-34-15-11-31(23-35(34)42-38)44-24-28-22-30(10-14-33(28)39(44)46)43-18-5-4-6-19-43/h7-16,21-23,38,41-42,48H,4-6,17-20,24-25H2,1-3H3,(H,40,45). The Kier molecular flexibility index (Phi) is 7.36. The summed E-state index contributed by atoms with van der Waals surface area (Å²) < 4.78 is 5.83. The van der Waals surface area contributed by atoms with Crippen molar-refractivity contribution in [2.24, 2.45) is 0 Å². The molecule has 4 aromatic rings. The largest absolute Gasteiger partial charge is 0.484 e. The van der Waals surface area contributed by atoms with Crippen LogP contribution in [-0.2, 0) is 17.8 Å². The average molecular weight is 664 g/mol. The van der Waals surface area contributed by atoms with E-state index in [0.717, 1.165) is 59.0 Å². The lowest BCUT2D eigenvalue weighted by atomic mass is 10.1. The molecule has 250 valence electrons. The van der Waals surface area contributed by atoms with Gasteiger partial charge in [0.15, 0.2) is 6.61 Å². The number of piperidine rings is 1. The maximum absolute atomic E-state index is 13.4. The Bertz CT molecular complexity index is 1930. The van der Waals surface area contributed by atoms with Crippen LogP contribution in [-0.4, -0.2) is 56.0 Å². The minimum absolute atomic E-state index is 0.0501. The Balaban J connectivity index is 0.868. The highest BCUT2D eigenvalue weighted by Crippen LogP contribution is 2.71. The molecular formula is C39H45N5O3S. The van der Waals surface area contributed by atoms with Gasteiger partial charge in [-0.15, -0.1) is 0 Å². The summed E-state index contributed by atoms with van der Waals surface area (Å²) in [6.45, 7) is 2.70. The van der Waals surface area contributed by atoms with Gasteiger partial charge in [-0.1, -0.05) is 12.1 Å². The van der Waals surface area contributed by atoms with E-state index in [1.165, 1.54) is 41.2 Å². The molecule has 8 rings (SSSR count). The van der Waals surface area contributed by atoms with Crippen LogP contribution >= 0.6 is 9.16 Å². The normalized spacial score (nSPS) is 20.9. The SMILES string of the molecule is C[SH]1(C)(C)CCc2cc(NC(=O)COc3ccc(C4Nc5ccc(N6Cc7cc(N8CCCCC8)ccc7C6=O)cc5N4)cc3)ccc21. The van der Waals surface area contributed by atoms with Crippen molar-refractivity contribution in [2.75, 3.05) is 70.0 Å². The zero-order chi connectivity index (χ0) is 33.1. The van der Waals surface area contributed by atoms with Crippen molar-refractivity contribution in [1.29, 1.82) is 0 Å². The molecule has 4 aliphatic heterocycles. The smallest absolute Gasteiger partial charge is 0.262 e. The van der Waals surface area contributed by atoms with Crippen molar-refractivity contribution >= 4 is 49.4 Å². The second-order valence-electron chi connectivity index (χ2n) is 15.1. The van der Waals surface area contributed by atoms with E-state index in [1.807, 2.05) is 53.4 Å². The molecule has 4 aliphatic rings. The third-order valence-corrected chi connectivity index (χ3v) is 14.5. The molecule has 4 heterocycles. The highest BCUT2D eigenvalue weighted by Gasteiger charge is 2.35. The Labute approximate surface area is 283 Å². The number of nitrogens with one attached hydrogen (secondary N) is 3. The molecule has 1 unspecified atom stereocenters. The monoisotopic (exact) mass is 663 g/mol. The van der Waals surface area contributed by atoms with Gasteiger partial charge in [-0.25, -0.2) is 0 Å². The van der Waals surface area contributed by atoms with Gasteiger partial charge >= 0.3 is 0 Å². The van der Waals surface area contributed by atoms with E-state index in [1.54, 1.807) is 0 Å². The minimum Gasteiger partial charge on any atom is -0.484 e. The summed E-state index contributed by atoms with van der Waals surface area (Å²) in [5.74, 6) is 1.74. The number of hydrogen-bond acceptors (Lipinski definition) is 6. The van der Waals surface area contributed by atoms with Crippen molar-refractivity contribution in [3.8, 4) is 5.75 Å². The van der Waals surface area contributed by atoms with Crippen molar-refractivity contribution in [3.63, 3.8) is 0 Å². The number of thiol groups is 1. The van der Waals surface area contributed by atoms with Gasteiger partial charge in [0.1, 0.15) is 11.9 Å². The second kappa shape index (κ2) is 11.5. The fourth-order valence-electron chi connectivity index (χ4n) is 7.73. The summed E-state index contributed by atoms with van der Waals surface area (Å²) in [5.41, 5.74) is 9.16. The Morgan fingerprint density at radius 3 is 2.44 bits per heavy atom. The van der Waals surface area contributed by atoms with E-state index in [-0.39, 0.29) is 24.6 Å². The molecule has 0 saturated carbocycles. The molecule has 2 amide bonds. The van der Waals surface area contributed by atoms with Crippen LogP contribution in [0.3, 0.4) is 0 Å². The summed E-state index contributed by atoms with van der Waals surface area (Å²) in [7, 11) is -1.78. The van der Waals surface area contributed by atoms with Crippen molar-refractivity contribution in [1.82, 2.24) is 0 Å². The number of aryl methyl sites for hydroxylation is 1. The lowest BCUT2D eigenvalue weighted by Crippen LogP contribution is -2.29. The van der Waals surface area contributed by atoms with Crippen LogP contribution in [0.2, 0.25) is 0 Å². The predicted molar refractivity (Wildman–Crippen MR) is 200 cm³/mol. The lowest BCUT2D eigenvalue weighted by Gasteiger charge is -2.48. The number of benzene rings is 4. The quantitative estimate of drug-likeness (QED) is 0.156. The minimum atomic E-state index is -1.78. The number of fused-ring (bicyclic) bond motifs is 3. The first-order valence-corrected chi connectivity index (χ1v) is 20.9. The number of nitrogens with zero attached hydrogens (tertiary/aromatic N) is 2. The molecule has 1 atom stereocenters. The molecule has 8 nitrogen and oxygen atoms in total. The first-order chi connectivity index (χ1) is 23.1. The highest BCUT2D eigenvalue weighted by atomic mass is 32.3. The van der Waals surface area contributed by atoms with E-state index < -0.39 is 9.16 Å². The number of rotatable bonds is 7. The van der Waals surface area contributed by atoms with E-state index in [4.69, 9.17) is 4.74 Å². The van der Waals surface area contributed by atoms with Gasteiger partial charge in [0.2, 0.25) is 0 Å². The molecule has 0 spiro atoms. The summed E-state index contributed by atoms with van der Waals surface area (Å²) in [4.78, 5) is 31.9. The molecule has 9 heteroatoms. The third-order valence-electron chi connectivity index (χ3n) is 10.5. The predicted octanol–water partition coefficient (Wildman–Crippen LogP) is 7.27. The molecule has 0 aliphatic carbocycles. The lowest BCUT2D eigenvalue weighted by molar-refractivity contribution is -0.118. The number of hydrogen-bond donors (Lipinski definition) is 4. The van der Waals surface area contributed by atoms with Crippen LogP contribution in [0.5, 0.6) is 5.75 Å². The van der Waals surface area contributed by atoms with Crippen LogP contribution in [0, 0.1) is 0 Å².